The van der Waals surface area contributed by atoms with Crippen LogP contribution in [0, 0.1) is 0 Å². The largest absolute Gasteiger partial charge is 0.444 e. The summed E-state index contributed by atoms with van der Waals surface area (Å²) in [7, 11) is 2.09. The average Bonchev–Trinajstić information content (AvgIpc) is 3.10. The van der Waals surface area contributed by atoms with E-state index in [1.807, 2.05) is 24.3 Å². The molecule has 0 bridgehead atoms. The van der Waals surface area contributed by atoms with E-state index in [-0.39, 0.29) is 0 Å². The standard InChI is InChI=1S/C22H19ClN2O/c1-25(13-17-9-6-8-16-7-2-3-10-19(16)17)14-18-15-26-22(24-18)20-11-4-5-12-21(20)23/h2-12,15H,13-14H2,1H3. The van der Waals surface area contributed by atoms with Crippen molar-refractivity contribution in [3.8, 4) is 11.5 Å². The predicted octanol–water partition coefficient (Wildman–Crippen LogP) is 5.78. The van der Waals surface area contributed by atoms with Gasteiger partial charge in [-0.2, -0.15) is 0 Å². The van der Waals surface area contributed by atoms with Crippen molar-refractivity contribution < 1.29 is 4.42 Å². The zero-order chi connectivity index (χ0) is 17.9. The third kappa shape index (κ3) is 3.50. The van der Waals surface area contributed by atoms with E-state index in [1.54, 1.807) is 6.26 Å². The first-order valence-corrected chi connectivity index (χ1v) is 8.93. The Kier molecular flexibility index (Phi) is 4.74. The fourth-order valence-electron chi connectivity index (χ4n) is 3.19. The second kappa shape index (κ2) is 7.32. The fraction of sp³-hybridized carbons (Fsp3) is 0.136. The number of rotatable bonds is 5. The maximum atomic E-state index is 6.23. The summed E-state index contributed by atoms with van der Waals surface area (Å²) in [5, 5.41) is 3.20. The van der Waals surface area contributed by atoms with Crippen LogP contribution in [0.4, 0.5) is 0 Å². The number of hydrogen-bond donors (Lipinski definition) is 0. The maximum Gasteiger partial charge on any atom is 0.227 e. The molecular weight excluding hydrogens is 344 g/mol. The minimum absolute atomic E-state index is 0.559. The molecule has 0 aliphatic carbocycles. The summed E-state index contributed by atoms with van der Waals surface area (Å²) in [5.74, 6) is 0.559. The number of aromatic nitrogens is 1. The molecule has 4 rings (SSSR count). The van der Waals surface area contributed by atoms with Gasteiger partial charge in [-0.1, -0.05) is 66.2 Å². The highest BCUT2D eigenvalue weighted by Gasteiger charge is 2.12. The molecule has 0 unspecified atom stereocenters. The summed E-state index contributed by atoms with van der Waals surface area (Å²) in [4.78, 5) is 6.82. The molecule has 4 aromatic rings. The van der Waals surface area contributed by atoms with Gasteiger partial charge in [0.1, 0.15) is 6.26 Å². The molecule has 0 aliphatic rings. The van der Waals surface area contributed by atoms with Gasteiger partial charge in [-0.05, 0) is 35.5 Å². The Labute approximate surface area is 157 Å². The van der Waals surface area contributed by atoms with Crippen LogP contribution >= 0.6 is 11.6 Å². The molecule has 0 amide bonds. The zero-order valence-electron chi connectivity index (χ0n) is 14.5. The quantitative estimate of drug-likeness (QED) is 0.450. The van der Waals surface area contributed by atoms with Crippen molar-refractivity contribution in [1.82, 2.24) is 9.88 Å². The number of nitrogens with zero attached hydrogens (tertiary/aromatic N) is 2. The molecule has 0 saturated carbocycles. The summed E-state index contributed by atoms with van der Waals surface area (Å²) in [6, 6.07) is 22.5. The Balaban J connectivity index is 1.50. The Morgan fingerprint density at radius 1 is 0.923 bits per heavy atom. The normalized spacial score (nSPS) is 11.3. The van der Waals surface area contributed by atoms with Gasteiger partial charge in [-0.25, -0.2) is 4.98 Å². The number of oxazole rings is 1. The highest BCUT2D eigenvalue weighted by molar-refractivity contribution is 6.33. The van der Waals surface area contributed by atoms with Crippen molar-refractivity contribution >= 4 is 22.4 Å². The van der Waals surface area contributed by atoms with E-state index < -0.39 is 0 Å². The maximum absolute atomic E-state index is 6.23. The molecule has 0 N–H and O–H groups in total. The molecule has 0 atom stereocenters. The summed E-state index contributed by atoms with van der Waals surface area (Å²) in [6.07, 6.45) is 1.71. The lowest BCUT2D eigenvalue weighted by Gasteiger charge is -2.16. The summed E-state index contributed by atoms with van der Waals surface area (Å²) in [5.41, 5.74) is 3.01. The molecule has 3 nitrogen and oxygen atoms in total. The van der Waals surface area contributed by atoms with Gasteiger partial charge in [0.2, 0.25) is 5.89 Å². The van der Waals surface area contributed by atoms with Crippen LogP contribution < -0.4 is 0 Å². The summed E-state index contributed by atoms with van der Waals surface area (Å²) >= 11 is 6.23. The third-order valence-corrected chi connectivity index (χ3v) is 4.74. The monoisotopic (exact) mass is 362 g/mol. The number of hydrogen-bond acceptors (Lipinski definition) is 3. The Hall–Kier alpha value is -2.62. The molecule has 26 heavy (non-hydrogen) atoms. The predicted molar refractivity (Wildman–Crippen MR) is 106 cm³/mol. The number of benzene rings is 3. The lowest BCUT2D eigenvalue weighted by molar-refractivity contribution is 0.316. The minimum Gasteiger partial charge on any atom is -0.444 e. The van der Waals surface area contributed by atoms with Gasteiger partial charge in [0.15, 0.2) is 0 Å². The van der Waals surface area contributed by atoms with Gasteiger partial charge in [-0.15, -0.1) is 0 Å². The molecule has 4 heteroatoms. The van der Waals surface area contributed by atoms with Crippen LogP contribution in [-0.4, -0.2) is 16.9 Å². The summed E-state index contributed by atoms with van der Waals surface area (Å²) < 4.78 is 5.63. The average molecular weight is 363 g/mol. The first kappa shape index (κ1) is 16.8. The van der Waals surface area contributed by atoms with Crippen LogP contribution in [0.5, 0.6) is 0 Å². The van der Waals surface area contributed by atoms with Crippen molar-refractivity contribution in [2.24, 2.45) is 0 Å². The minimum atomic E-state index is 0.559. The van der Waals surface area contributed by atoms with Crippen LogP contribution in [-0.2, 0) is 13.1 Å². The van der Waals surface area contributed by atoms with E-state index in [0.29, 0.717) is 17.5 Å². The third-order valence-electron chi connectivity index (χ3n) is 4.41. The molecule has 130 valence electrons. The van der Waals surface area contributed by atoms with Crippen molar-refractivity contribution in [3.63, 3.8) is 0 Å². The van der Waals surface area contributed by atoms with E-state index in [9.17, 15) is 0 Å². The van der Waals surface area contributed by atoms with Gasteiger partial charge >= 0.3 is 0 Å². The Morgan fingerprint density at radius 2 is 1.69 bits per heavy atom. The highest BCUT2D eigenvalue weighted by Crippen LogP contribution is 2.27. The SMILES string of the molecule is CN(Cc1coc(-c2ccccc2Cl)n1)Cc1cccc2ccccc12. The van der Waals surface area contributed by atoms with E-state index in [0.717, 1.165) is 17.8 Å². The molecule has 1 heterocycles. The van der Waals surface area contributed by atoms with E-state index >= 15 is 0 Å². The van der Waals surface area contributed by atoms with Crippen LogP contribution in [0.15, 0.2) is 77.4 Å². The lowest BCUT2D eigenvalue weighted by atomic mass is 10.0. The number of fused-ring (bicyclic) bond motifs is 1. The zero-order valence-corrected chi connectivity index (χ0v) is 15.3. The molecule has 3 aromatic carbocycles. The molecule has 1 aromatic heterocycles. The highest BCUT2D eigenvalue weighted by atomic mass is 35.5. The lowest BCUT2D eigenvalue weighted by Crippen LogP contribution is -2.17. The number of halogens is 1. The van der Waals surface area contributed by atoms with Gasteiger partial charge in [0.05, 0.1) is 16.3 Å². The second-order valence-electron chi connectivity index (χ2n) is 6.43. The fourth-order valence-corrected chi connectivity index (χ4v) is 3.41. The molecule has 0 radical (unpaired) electrons. The molecule has 0 saturated heterocycles. The van der Waals surface area contributed by atoms with Crippen LogP contribution in [0.3, 0.4) is 0 Å². The van der Waals surface area contributed by atoms with E-state index in [2.05, 4.69) is 59.4 Å². The Morgan fingerprint density at radius 3 is 2.58 bits per heavy atom. The van der Waals surface area contributed by atoms with Crippen LogP contribution in [0.2, 0.25) is 5.02 Å². The second-order valence-corrected chi connectivity index (χ2v) is 6.84. The first-order valence-electron chi connectivity index (χ1n) is 8.55. The smallest absolute Gasteiger partial charge is 0.227 e. The molecular formula is C22H19ClN2O. The van der Waals surface area contributed by atoms with Crippen molar-refractivity contribution in [2.75, 3.05) is 7.05 Å². The molecule has 0 spiro atoms. The van der Waals surface area contributed by atoms with Crippen molar-refractivity contribution in [1.29, 1.82) is 0 Å². The van der Waals surface area contributed by atoms with Crippen LogP contribution in [0.25, 0.3) is 22.2 Å². The van der Waals surface area contributed by atoms with E-state index in [1.165, 1.54) is 16.3 Å². The molecule has 0 aliphatic heterocycles. The Bertz CT molecular complexity index is 1040. The van der Waals surface area contributed by atoms with Gasteiger partial charge in [0.25, 0.3) is 0 Å². The van der Waals surface area contributed by atoms with Gasteiger partial charge in [0, 0.05) is 13.1 Å². The topological polar surface area (TPSA) is 29.3 Å². The summed E-state index contributed by atoms with van der Waals surface area (Å²) in [6.45, 7) is 1.55. The van der Waals surface area contributed by atoms with Gasteiger partial charge in [-0.3, -0.25) is 4.90 Å². The first-order chi connectivity index (χ1) is 12.7. The van der Waals surface area contributed by atoms with Crippen molar-refractivity contribution in [2.45, 2.75) is 13.1 Å². The van der Waals surface area contributed by atoms with Crippen LogP contribution in [0.1, 0.15) is 11.3 Å². The van der Waals surface area contributed by atoms with Gasteiger partial charge < -0.3 is 4.42 Å². The van der Waals surface area contributed by atoms with E-state index in [4.69, 9.17) is 16.0 Å². The van der Waals surface area contributed by atoms with Crippen molar-refractivity contribution in [3.05, 3.63) is 89.3 Å². The molecule has 0 fully saturated rings.